The van der Waals surface area contributed by atoms with Crippen molar-refractivity contribution in [3.8, 4) is 6.07 Å². The molecule has 1 saturated heterocycles. The van der Waals surface area contributed by atoms with Gasteiger partial charge in [0.1, 0.15) is 5.69 Å². The van der Waals surface area contributed by atoms with Crippen molar-refractivity contribution < 1.29 is 22.7 Å². The first kappa shape index (κ1) is 20.7. The van der Waals surface area contributed by atoms with Gasteiger partial charge in [-0.2, -0.15) is 18.4 Å². The number of nitriles is 1. The molecule has 9 heteroatoms. The lowest BCUT2D eigenvalue weighted by Gasteiger charge is -2.42. The molecule has 1 aliphatic rings. The van der Waals surface area contributed by atoms with E-state index in [9.17, 15) is 18.0 Å². The van der Waals surface area contributed by atoms with Crippen molar-refractivity contribution in [2.75, 3.05) is 38.3 Å². The summed E-state index contributed by atoms with van der Waals surface area (Å²) in [6.07, 6.45) is -2.83. The average Bonchev–Trinajstić information content (AvgIpc) is 3.12. The number of alkyl halides is 3. The minimum absolute atomic E-state index is 0.144. The van der Waals surface area contributed by atoms with Crippen molar-refractivity contribution in [3.63, 3.8) is 0 Å². The Balaban J connectivity index is 1.85. The molecule has 1 fully saturated rings. The summed E-state index contributed by atoms with van der Waals surface area (Å²) in [6, 6.07) is 8.47. The van der Waals surface area contributed by atoms with E-state index in [2.05, 4.69) is 0 Å². The number of carbonyl (C=O) groups excluding carboxylic acids is 1. The number of hydrogen-bond donors (Lipinski definition) is 0. The van der Waals surface area contributed by atoms with Crippen molar-refractivity contribution in [1.29, 1.82) is 5.26 Å². The van der Waals surface area contributed by atoms with Crippen LogP contribution in [0.2, 0.25) is 0 Å². The zero-order valence-corrected chi connectivity index (χ0v) is 16.1. The molecular weight excluding hydrogens is 385 g/mol. The molecule has 1 unspecified atom stereocenters. The van der Waals surface area contributed by atoms with Crippen LogP contribution in [-0.4, -0.2) is 54.8 Å². The highest BCUT2D eigenvalue weighted by atomic mass is 19.4. The highest BCUT2D eigenvalue weighted by Crippen LogP contribution is 2.35. The predicted octanol–water partition coefficient (Wildman–Crippen LogP) is 2.89. The Morgan fingerprint density at radius 1 is 1.31 bits per heavy atom. The van der Waals surface area contributed by atoms with E-state index in [0.717, 1.165) is 6.07 Å². The number of carbonyl (C=O) groups is 1. The Kier molecular flexibility index (Phi) is 5.84. The van der Waals surface area contributed by atoms with E-state index in [1.165, 1.54) is 19.2 Å². The van der Waals surface area contributed by atoms with E-state index >= 15 is 0 Å². The molecule has 154 valence electrons. The third kappa shape index (κ3) is 4.22. The lowest BCUT2D eigenvalue weighted by molar-refractivity contribution is -0.137. The van der Waals surface area contributed by atoms with E-state index in [1.54, 1.807) is 45.8 Å². The molecule has 0 N–H and O–H groups in total. The molecule has 2 aromatic rings. The molecule has 3 rings (SSSR count). The predicted molar refractivity (Wildman–Crippen MR) is 100 cm³/mol. The van der Waals surface area contributed by atoms with Gasteiger partial charge in [0.05, 0.1) is 29.8 Å². The summed E-state index contributed by atoms with van der Waals surface area (Å²) in [6.45, 7) is 1.31. The van der Waals surface area contributed by atoms with Crippen molar-refractivity contribution in [2.24, 2.45) is 7.05 Å². The molecule has 6 nitrogen and oxygen atoms in total. The van der Waals surface area contributed by atoms with Crippen LogP contribution in [0, 0.1) is 11.3 Å². The molecule has 29 heavy (non-hydrogen) atoms. The fourth-order valence-corrected chi connectivity index (χ4v) is 3.58. The molecule has 1 aromatic carbocycles. The Morgan fingerprint density at radius 3 is 2.66 bits per heavy atom. The van der Waals surface area contributed by atoms with Gasteiger partial charge in [-0.1, -0.05) is 0 Å². The van der Waals surface area contributed by atoms with Crippen LogP contribution in [0.1, 0.15) is 21.6 Å². The second-order valence-electron chi connectivity index (χ2n) is 6.90. The van der Waals surface area contributed by atoms with Crippen LogP contribution in [-0.2, 0) is 18.0 Å². The standard InChI is InChI=1S/C20H21F3N4O2/c1-25-7-3-4-18(25)19(28)27-9-8-26(12-16(27)13-29-2)15-6-5-14(11-24)17(10-15)20(21,22)23/h3-7,10,16H,8-9,12-13H2,1-2H3. The van der Waals surface area contributed by atoms with E-state index in [4.69, 9.17) is 10.00 Å². The largest absolute Gasteiger partial charge is 0.417 e. The van der Waals surface area contributed by atoms with Crippen LogP contribution in [0.25, 0.3) is 0 Å². The molecule has 1 aromatic heterocycles. The lowest BCUT2D eigenvalue weighted by Crippen LogP contribution is -2.57. The average molecular weight is 406 g/mol. The maximum atomic E-state index is 13.3. The zero-order chi connectivity index (χ0) is 21.2. The topological polar surface area (TPSA) is 61.5 Å². The van der Waals surface area contributed by atoms with Gasteiger partial charge in [0.2, 0.25) is 0 Å². The molecule has 0 bridgehead atoms. The Hall–Kier alpha value is -2.99. The van der Waals surface area contributed by atoms with Crippen molar-refractivity contribution in [3.05, 3.63) is 53.3 Å². The van der Waals surface area contributed by atoms with Crippen molar-refractivity contribution in [1.82, 2.24) is 9.47 Å². The number of hydrogen-bond acceptors (Lipinski definition) is 4. The molecular formula is C20H21F3N4O2. The van der Waals surface area contributed by atoms with Crippen LogP contribution in [0.5, 0.6) is 0 Å². The fourth-order valence-electron chi connectivity index (χ4n) is 3.58. The maximum Gasteiger partial charge on any atom is 0.417 e. The minimum Gasteiger partial charge on any atom is -0.382 e. The summed E-state index contributed by atoms with van der Waals surface area (Å²) in [5.41, 5.74) is -0.462. The number of rotatable bonds is 4. The van der Waals surface area contributed by atoms with Gasteiger partial charge in [-0.15, -0.1) is 0 Å². The molecule has 1 aliphatic heterocycles. The first-order valence-electron chi connectivity index (χ1n) is 9.03. The summed E-state index contributed by atoms with van der Waals surface area (Å²) < 4.78 is 46.9. The third-order valence-corrected chi connectivity index (χ3v) is 5.06. The summed E-state index contributed by atoms with van der Waals surface area (Å²) in [5.74, 6) is -0.144. The highest BCUT2D eigenvalue weighted by Gasteiger charge is 2.36. The van der Waals surface area contributed by atoms with Gasteiger partial charge in [0, 0.05) is 45.7 Å². The van der Waals surface area contributed by atoms with E-state index in [0.29, 0.717) is 31.0 Å². The fraction of sp³-hybridized carbons (Fsp3) is 0.400. The zero-order valence-electron chi connectivity index (χ0n) is 16.1. The van der Waals surface area contributed by atoms with Crippen LogP contribution in [0.15, 0.2) is 36.5 Å². The number of piperazine rings is 1. The monoisotopic (exact) mass is 406 g/mol. The van der Waals surface area contributed by atoms with E-state index in [1.807, 2.05) is 0 Å². The Labute approximate surface area is 166 Å². The molecule has 0 aliphatic carbocycles. The Morgan fingerprint density at radius 2 is 2.07 bits per heavy atom. The first-order valence-corrected chi connectivity index (χ1v) is 9.03. The van der Waals surface area contributed by atoms with Gasteiger partial charge in [0.15, 0.2) is 0 Å². The highest BCUT2D eigenvalue weighted by molar-refractivity contribution is 5.93. The minimum atomic E-state index is -4.61. The lowest BCUT2D eigenvalue weighted by atomic mass is 10.0. The molecule has 1 amide bonds. The molecule has 0 radical (unpaired) electrons. The number of benzene rings is 1. The number of amides is 1. The van der Waals surface area contributed by atoms with Gasteiger partial charge in [-0.3, -0.25) is 4.79 Å². The van der Waals surface area contributed by atoms with Crippen molar-refractivity contribution in [2.45, 2.75) is 12.2 Å². The number of aromatic nitrogens is 1. The summed E-state index contributed by atoms with van der Waals surface area (Å²) >= 11 is 0. The normalized spacial score (nSPS) is 17.3. The van der Waals surface area contributed by atoms with Gasteiger partial charge in [-0.05, 0) is 30.3 Å². The number of halogens is 3. The number of methoxy groups -OCH3 is 1. The van der Waals surface area contributed by atoms with Crippen molar-refractivity contribution >= 4 is 11.6 Å². The maximum absolute atomic E-state index is 13.3. The van der Waals surface area contributed by atoms with Crippen LogP contribution < -0.4 is 4.90 Å². The summed E-state index contributed by atoms with van der Waals surface area (Å²) in [7, 11) is 3.30. The van der Waals surface area contributed by atoms with Gasteiger partial charge in [-0.25, -0.2) is 0 Å². The van der Waals surface area contributed by atoms with E-state index < -0.39 is 17.3 Å². The second kappa shape index (κ2) is 8.17. The van der Waals surface area contributed by atoms with Crippen LogP contribution >= 0.6 is 0 Å². The molecule has 1 atom stereocenters. The number of ether oxygens (including phenoxy) is 1. The smallest absolute Gasteiger partial charge is 0.382 e. The number of anilines is 1. The molecule has 2 heterocycles. The first-order chi connectivity index (χ1) is 13.8. The van der Waals surface area contributed by atoms with Crippen LogP contribution in [0.4, 0.5) is 18.9 Å². The second-order valence-corrected chi connectivity index (χ2v) is 6.90. The summed E-state index contributed by atoms with van der Waals surface area (Å²) in [5, 5.41) is 8.98. The third-order valence-electron chi connectivity index (χ3n) is 5.06. The van der Waals surface area contributed by atoms with Gasteiger partial charge < -0.3 is 19.1 Å². The summed E-state index contributed by atoms with van der Waals surface area (Å²) in [4.78, 5) is 16.4. The molecule has 0 spiro atoms. The van der Waals surface area contributed by atoms with E-state index in [-0.39, 0.29) is 18.6 Å². The van der Waals surface area contributed by atoms with Gasteiger partial charge in [0.25, 0.3) is 5.91 Å². The SMILES string of the molecule is COCC1CN(c2ccc(C#N)c(C(F)(F)F)c2)CCN1C(=O)c1cccn1C. The quantitative estimate of drug-likeness (QED) is 0.784. The molecule has 0 saturated carbocycles. The van der Waals surface area contributed by atoms with Gasteiger partial charge >= 0.3 is 6.18 Å². The Bertz CT molecular complexity index is 933. The number of aryl methyl sites for hydroxylation is 1. The number of nitrogens with zero attached hydrogens (tertiary/aromatic N) is 4. The van der Waals surface area contributed by atoms with Crippen LogP contribution in [0.3, 0.4) is 0 Å².